The van der Waals surface area contributed by atoms with E-state index in [0.717, 1.165) is 0 Å². The Kier molecular flexibility index (Phi) is 7.25. The van der Waals surface area contributed by atoms with E-state index in [2.05, 4.69) is 15.2 Å². The van der Waals surface area contributed by atoms with E-state index in [-0.39, 0.29) is 16.8 Å². The van der Waals surface area contributed by atoms with Crippen molar-refractivity contribution in [2.24, 2.45) is 10.7 Å². The van der Waals surface area contributed by atoms with Gasteiger partial charge in [-0.25, -0.2) is 14.4 Å². The molecule has 8 nitrogen and oxygen atoms in total. The van der Waals surface area contributed by atoms with Gasteiger partial charge in [-0.05, 0) is 48.9 Å². The number of nitrogens with two attached hydrogens (primary N) is 1. The van der Waals surface area contributed by atoms with Gasteiger partial charge in [0.25, 0.3) is 0 Å². The fraction of sp³-hybridized carbons (Fsp3) is 0.120. The monoisotopic (exact) mass is 510 g/mol. The summed E-state index contributed by atoms with van der Waals surface area (Å²) in [6.07, 6.45) is 5.63. The van der Waals surface area contributed by atoms with Crippen molar-refractivity contribution in [1.82, 2.24) is 19.6 Å². The minimum absolute atomic E-state index is 0.0617. The van der Waals surface area contributed by atoms with E-state index in [1.807, 2.05) is 0 Å². The van der Waals surface area contributed by atoms with Crippen molar-refractivity contribution in [3.05, 3.63) is 99.8 Å². The first-order valence-corrected chi connectivity index (χ1v) is 11.0. The molecule has 2 heterocycles. The molecule has 0 amide bonds. The van der Waals surface area contributed by atoms with E-state index in [1.54, 1.807) is 55.5 Å². The normalized spacial score (nSPS) is 12.3. The molecule has 2 aromatic carbocycles. The van der Waals surface area contributed by atoms with E-state index >= 15 is 0 Å². The number of aliphatic imine (C=N–C) groups is 1. The lowest BCUT2D eigenvalue weighted by molar-refractivity contribution is 0.0566. The van der Waals surface area contributed by atoms with Crippen molar-refractivity contribution in [3.63, 3.8) is 0 Å². The Morgan fingerprint density at radius 3 is 2.67 bits per heavy atom. The molecule has 11 heteroatoms. The average Bonchev–Trinajstić information content (AvgIpc) is 3.34. The van der Waals surface area contributed by atoms with Crippen molar-refractivity contribution in [2.45, 2.75) is 13.5 Å². The standard InChI is InChI=1S/C25H21ClF2N6O2/c1-15(29)10-20(31-19-5-3-4-18(26)12-19)24-22(35)8-9-33(32-24)21-7-6-16(11-23(21)36-2)17-13-30-34(14-17)25(27)28/h3-14,25H,29H2,1-2H3. The molecule has 184 valence electrons. The second-order valence-electron chi connectivity index (χ2n) is 7.71. The molecular formula is C25H21ClF2N6O2. The van der Waals surface area contributed by atoms with Crippen LogP contribution < -0.4 is 15.9 Å². The largest absolute Gasteiger partial charge is 0.494 e. The van der Waals surface area contributed by atoms with Crippen LogP contribution in [0.2, 0.25) is 5.02 Å². The molecule has 0 atom stereocenters. The van der Waals surface area contributed by atoms with Crippen molar-refractivity contribution >= 4 is 23.0 Å². The van der Waals surface area contributed by atoms with Crippen LogP contribution in [-0.4, -0.2) is 32.4 Å². The van der Waals surface area contributed by atoms with Crippen molar-refractivity contribution in [2.75, 3.05) is 7.11 Å². The number of halogens is 3. The Labute approximate surface area is 209 Å². The number of hydrogen-bond acceptors (Lipinski definition) is 6. The lowest BCUT2D eigenvalue weighted by Gasteiger charge is -2.13. The van der Waals surface area contributed by atoms with Crippen molar-refractivity contribution in [1.29, 1.82) is 0 Å². The van der Waals surface area contributed by atoms with Gasteiger partial charge in [-0.15, -0.1) is 0 Å². The molecule has 2 N–H and O–H groups in total. The summed E-state index contributed by atoms with van der Waals surface area (Å²) in [5.74, 6) is 0.401. The summed E-state index contributed by atoms with van der Waals surface area (Å²) in [7, 11) is 1.47. The van der Waals surface area contributed by atoms with Gasteiger partial charge in [-0.2, -0.15) is 19.0 Å². The number of alkyl halides is 2. The molecule has 0 fully saturated rings. The molecular weight excluding hydrogens is 490 g/mol. The van der Waals surface area contributed by atoms with Gasteiger partial charge in [0.15, 0.2) is 5.69 Å². The predicted octanol–water partition coefficient (Wildman–Crippen LogP) is 5.14. The molecule has 36 heavy (non-hydrogen) atoms. The third-order valence-electron chi connectivity index (χ3n) is 5.03. The fourth-order valence-corrected chi connectivity index (χ4v) is 3.60. The number of methoxy groups -OCH3 is 1. The summed E-state index contributed by atoms with van der Waals surface area (Å²) in [6.45, 7) is -1.06. The quantitative estimate of drug-likeness (QED) is 0.347. The van der Waals surface area contributed by atoms with Gasteiger partial charge in [-0.3, -0.25) is 4.79 Å². The summed E-state index contributed by atoms with van der Waals surface area (Å²) in [5, 5.41) is 8.66. The van der Waals surface area contributed by atoms with Crippen molar-refractivity contribution < 1.29 is 13.5 Å². The number of ether oxygens (including phenoxy) is 1. The summed E-state index contributed by atoms with van der Waals surface area (Å²) >= 11 is 6.08. The zero-order chi connectivity index (χ0) is 25.8. The van der Waals surface area contributed by atoms with Gasteiger partial charge in [0, 0.05) is 34.7 Å². The molecule has 0 saturated heterocycles. The molecule has 0 unspecified atom stereocenters. The Morgan fingerprint density at radius 2 is 2.00 bits per heavy atom. The highest BCUT2D eigenvalue weighted by Crippen LogP contribution is 2.30. The Bertz CT molecular complexity index is 1520. The van der Waals surface area contributed by atoms with E-state index in [0.29, 0.717) is 43.7 Å². The molecule has 0 radical (unpaired) electrons. The summed E-state index contributed by atoms with van der Waals surface area (Å²) in [5.41, 5.74) is 8.43. The van der Waals surface area contributed by atoms with E-state index < -0.39 is 6.55 Å². The third kappa shape index (κ3) is 5.49. The average molecular weight is 511 g/mol. The van der Waals surface area contributed by atoms with E-state index in [1.165, 1.54) is 36.4 Å². The number of nitrogens with zero attached hydrogens (tertiary/aromatic N) is 5. The fourth-order valence-electron chi connectivity index (χ4n) is 3.41. The number of aromatic nitrogens is 4. The zero-order valence-corrected chi connectivity index (χ0v) is 20.0. The Morgan fingerprint density at radius 1 is 1.19 bits per heavy atom. The zero-order valence-electron chi connectivity index (χ0n) is 19.3. The molecule has 0 bridgehead atoms. The highest BCUT2D eigenvalue weighted by Gasteiger charge is 2.15. The number of benzene rings is 2. The van der Waals surface area contributed by atoms with Gasteiger partial charge in [0.05, 0.1) is 24.7 Å². The van der Waals surface area contributed by atoms with Crippen LogP contribution in [0.5, 0.6) is 5.75 Å². The van der Waals surface area contributed by atoms with Gasteiger partial charge < -0.3 is 10.5 Å². The maximum atomic E-state index is 12.9. The maximum Gasteiger partial charge on any atom is 0.333 e. The van der Waals surface area contributed by atoms with Crippen LogP contribution in [-0.2, 0) is 0 Å². The molecule has 0 aliphatic rings. The van der Waals surface area contributed by atoms with Crippen LogP contribution in [0.15, 0.2) is 88.7 Å². The second kappa shape index (κ2) is 10.5. The summed E-state index contributed by atoms with van der Waals surface area (Å²) < 4.78 is 33.4. The molecule has 4 aromatic rings. The molecule has 2 aromatic heterocycles. The Hall–Kier alpha value is -4.31. The number of rotatable bonds is 7. The predicted molar refractivity (Wildman–Crippen MR) is 134 cm³/mol. The first-order chi connectivity index (χ1) is 17.2. The van der Waals surface area contributed by atoms with Gasteiger partial charge in [0.1, 0.15) is 11.4 Å². The molecule has 0 aliphatic heterocycles. The van der Waals surface area contributed by atoms with Crippen LogP contribution >= 0.6 is 11.6 Å². The van der Waals surface area contributed by atoms with Gasteiger partial charge in [0.2, 0.25) is 5.43 Å². The van der Waals surface area contributed by atoms with Crippen LogP contribution in [0.3, 0.4) is 0 Å². The molecule has 0 saturated carbocycles. The van der Waals surface area contributed by atoms with E-state index in [4.69, 9.17) is 22.1 Å². The van der Waals surface area contributed by atoms with Crippen molar-refractivity contribution in [3.8, 4) is 22.6 Å². The minimum Gasteiger partial charge on any atom is -0.494 e. The summed E-state index contributed by atoms with van der Waals surface area (Å²) in [6, 6.07) is 13.3. The van der Waals surface area contributed by atoms with Gasteiger partial charge in [-0.1, -0.05) is 23.7 Å². The molecule has 0 aliphatic carbocycles. The molecule has 4 rings (SSSR count). The number of hydrogen-bond donors (Lipinski definition) is 1. The first-order valence-electron chi connectivity index (χ1n) is 10.6. The van der Waals surface area contributed by atoms with Gasteiger partial charge >= 0.3 is 6.55 Å². The highest BCUT2D eigenvalue weighted by molar-refractivity contribution is 6.30. The maximum absolute atomic E-state index is 12.9. The molecule has 0 spiro atoms. The number of allylic oxidation sites excluding steroid dienone is 2. The summed E-state index contributed by atoms with van der Waals surface area (Å²) in [4.78, 5) is 17.3. The minimum atomic E-state index is -2.74. The Balaban J connectivity index is 1.79. The highest BCUT2D eigenvalue weighted by atomic mass is 35.5. The van der Waals surface area contributed by atoms with Crippen LogP contribution in [0.1, 0.15) is 19.2 Å². The second-order valence-corrected chi connectivity index (χ2v) is 8.15. The van der Waals surface area contributed by atoms with Crippen LogP contribution in [0.4, 0.5) is 14.5 Å². The van der Waals surface area contributed by atoms with Crippen LogP contribution in [0.25, 0.3) is 16.8 Å². The van der Waals surface area contributed by atoms with Crippen LogP contribution in [0, 0.1) is 0 Å². The smallest absolute Gasteiger partial charge is 0.333 e. The van der Waals surface area contributed by atoms with E-state index in [9.17, 15) is 13.6 Å². The lowest BCUT2D eigenvalue weighted by atomic mass is 10.1. The first kappa shape index (κ1) is 24.8. The SMILES string of the molecule is COc1cc(-c2cnn(C(F)F)c2)ccc1-n1ccc(=O)c(C(C=C(C)N)=Nc2cccc(Cl)c2)n1. The topological polar surface area (TPSA) is 100 Å². The third-order valence-corrected chi connectivity index (χ3v) is 5.27. The lowest BCUT2D eigenvalue weighted by Crippen LogP contribution is -2.21.